The summed E-state index contributed by atoms with van der Waals surface area (Å²) in [5.74, 6) is 1.97. The monoisotopic (exact) mass is 292 g/mol. The third-order valence-corrected chi connectivity index (χ3v) is 6.45. The van der Waals surface area contributed by atoms with Crippen LogP contribution in [-0.4, -0.2) is 11.5 Å². The molecule has 2 nitrogen and oxygen atoms in total. The van der Waals surface area contributed by atoms with E-state index in [1.54, 1.807) is 0 Å². The number of nitrogens with one attached hydrogen (secondary N) is 1. The van der Waals surface area contributed by atoms with Gasteiger partial charge in [0.25, 0.3) is 0 Å². The molecule has 0 aromatic carbocycles. The van der Waals surface area contributed by atoms with E-state index in [0.717, 1.165) is 24.8 Å². The molecule has 2 aliphatic rings. The molecule has 0 spiro atoms. The van der Waals surface area contributed by atoms with Gasteiger partial charge in [-0.1, -0.05) is 26.7 Å². The zero-order valence-electron chi connectivity index (χ0n) is 13.2. The van der Waals surface area contributed by atoms with Gasteiger partial charge in [0, 0.05) is 4.88 Å². The van der Waals surface area contributed by atoms with Crippen molar-refractivity contribution < 1.29 is 0 Å². The summed E-state index contributed by atoms with van der Waals surface area (Å²) in [6.07, 6.45) is 9.43. The molecule has 1 aromatic heterocycles. The van der Waals surface area contributed by atoms with E-state index in [1.165, 1.54) is 54.1 Å². The highest BCUT2D eigenvalue weighted by Gasteiger charge is 2.44. The van der Waals surface area contributed by atoms with Gasteiger partial charge >= 0.3 is 0 Å². The lowest BCUT2D eigenvalue weighted by Crippen LogP contribution is -2.46. The molecule has 0 aliphatic heterocycles. The Morgan fingerprint density at radius 3 is 2.65 bits per heavy atom. The van der Waals surface area contributed by atoms with Crippen LogP contribution in [0.25, 0.3) is 0 Å². The third-order valence-electron chi connectivity index (χ3n) is 5.23. The summed E-state index contributed by atoms with van der Waals surface area (Å²) in [6.45, 7) is 7.75. The van der Waals surface area contributed by atoms with Crippen molar-refractivity contribution in [2.75, 3.05) is 6.54 Å². The average Bonchev–Trinajstić information content (AvgIpc) is 3.22. The van der Waals surface area contributed by atoms with Crippen LogP contribution >= 0.6 is 11.3 Å². The van der Waals surface area contributed by atoms with E-state index >= 15 is 0 Å². The first-order chi connectivity index (χ1) is 9.68. The van der Waals surface area contributed by atoms with E-state index < -0.39 is 0 Å². The molecule has 2 atom stereocenters. The summed E-state index contributed by atoms with van der Waals surface area (Å²) < 4.78 is 0. The normalized spacial score (nSPS) is 30.6. The molecule has 2 aliphatic carbocycles. The summed E-state index contributed by atoms with van der Waals surface area (Å²) in [6, 6.07) is 0. The lowest BCUT2D eigenvalue weighted by atomic mass is 9.74. The van der Waals surface area contributed by atoms with Crippen molar-refractivity contribution in [3.05, 3.63) is 15.6 Å². The second-order valence-electron chi connectivity index (χ2n) is 6.68. The minimum atomic E-state index is 0.184. The van der Waals surface area contributed by atoms with Gasteiger partial charge in [0.05, 0.1) is 11.2 Å². The number of aromatic nitrogens is 1. The predicted octanol–water partition coefficient (Wildman–Crippen LogP) is 4.42. The molecule has 20 heavy (non-hydrogen) atoms. The van der Waals surface area contributed by atoms with Crippen molar-refractivity contribution in [2.45, 2.75) is 71.3 Å². The number of hydrogen-bond donors (Lipinski definition) is 1. The molecular weight excluding hydrogens is 264 g/mol. The standard InChI is InChI=1S/C17H28N2S/c1-4-15-12(3)20-16(19-15)17(18-5-2)10-6-7-14(11-17)13-8-9-13/h13-14,18H,4-11H2,1-3H3. The largest absolute Gasteiger partial charge is 0.306 e. The van der Waals surface area contributed by atoms with Crippen LogP contribution in [0.15, 0.2) is 0 Å². The molecule has 2 unspecified atom stereocenters. The average molecular weight is 292 g/mol. The summed E-state index contributed by atoms with van der Waals surface area (Å²) in [5.41, 5.74) is 1.50. The molecule has 2 fully saturated rings. The van der Waals surface area contributed by atoms with Gasteiger partial charge in [0.2, 0.25) is 0 Å². The fourth-order valence-electron chi connectivity index (χ4n) is 4.02. The van der Waals surface area contributed by atoms with Crippen molar-refractivity contribution in [3.8, 4) is 0 Å². The molecule has 0 radical (unpaired) electrons. The number of thiazole rings is 1. The lowest BCUT2D eigenvalue weighted by Gasteiger charge is -2.40. The summed E-state index contributed by atoms with van der Waals surface area (Å²) >= 11 is 1.94. The maximum absolute atomic E-state index is 5.01. The number of aryl methyl sites for hydroxylation is 2. The van der Waals surface area contributed by atoms with Gasteiger partial charge in [0.1, 0.15) is 5.01 Å². The van der Waals surface area contributed by atoms with Crippen LogP contribution in [0, 0.1) is 18.8 Å². The molecule has 0 amide bonds. The van der Waals surface area contributed by atoms with E-state index in [-0.39, 0.29) is 5.54 Å². The first-order valence-electron chi connectivity index (χ1n) is 8.40. The Morgan fingerprint density at radius 1 is 1.25 bits per heavy atom. The second-order valence-corrected chi connectivity index (χ2v) is 7.88. The molecule has 3 heteroatoms. The minimum absolute atomic E-state index is 0.184. The van der Waals surface area contributed by atoms with E-state index in [4.69, 9.17) is 4.98 Å². The van der Waals surface area contributed by atoms with Crippen LogP contribution in [0.2, 0.25) is 0 Å². The highest BCUT2D eigenvalue weighted by atomic mass is 32.1. The molecule has 1 heterocycles. The molecule has 3 rings (SSSR count). The summed E-state index contributed by atoms with van der Waals surface area (Å²) in [7, 11) is 0. The van der Waals surface area contributed by atoms with Crippen molar-refractivity contribution in [1.29, 1.82) is 0 Å². The van der Waals surface area contributed by atoms with Gasteiger partial charge in [-0.15, -0.1) is 11.3 Å². The molecule has 1 N–H and O–H groups in total. The van der Waals surface area contributed by atoms with Crippen LogP contribution in [0.5, 0.6) is 0 Å². The van der Waals surface area contributed by atoms with Crippen LogP contribution in [0.1, 0.15) is 68.0 Å². The third kappa shape index (κ3) is 2.67. The van der Waals surface area contributed by atoms with Crippen molar-refractivity contribution in [1.82, 2.24) is 10.3 Å². The van der Waals surface area contributed by atoms with Crippen LogP contribution in [-0.2, 0) is 12.0 Å². The zero-order valence-corrected chi connectivity index (χ0v) is 14.0. The first kappa shape index (κ1) is 14.5. The molecule has 112 valence electrons. The number of rotatable bonds is 5. The van der Waals surface area contributed by atoms with Gasteiger partial charge in [0.15, 0.2) is 0 Å². The van der Waals surface area contributed by atoms with Gasteiger partial charge < -0.3 is 5.32 Å². The highest BCUT2D eigenvalue weighted by molar-refractivity contribution is 7.11. The summed E-state index contributed by atoms with van der Waals surface area (Å²) in [5, 5.41) is 5.21. The maximum Gasteiger partial charge on any atom is 0.113 e. The Kier molecular flexibility index (Phi) is 4.19. The Hall–Kier alpha value is -0.410. The minimum Gasteiger partial charge on any atom is -0.306 e. The van der Waals surface area contributed by atoms with E-state index in [0.29, 0.717) is 0 Å². The van der Waals surface area contributed by atoms with Gasteiger partial charge in [-0.3, -0.25) is 0 Å². The maximum atomic E-state index is 5.01. The van der Waals surface area contributed by atoms with Crippen molar-refractivity contribution >= 4 is 11.3 Å². The fourth-order valence-corrected chi connectivity index (χ4v) is 5.22. The van der Waals surface area contributed by atoms with E-state index in [9.17, 15) is 0 Å². The second kappa shape index (κ2) is 5.76. The molecule has 2 saturated carbocycles. The van der Waals surface area contributed by atoms with E-state index in [2.05, 4.69) is 26.1 Å². The highest BCUT2D eigenvalue weighted by Crippen LogP contribution is 2.50. The van der Waals surface area contributed by atoms with Crippen molar-refractivity contribution in [3.63, 3.8) is 0 Å². The van der Waals surface area contributed by atoms with Gasteiger partial charge in [-0.2, -0.15) is 0 Å². The molecule has 1 aromatic rings. The fraction of sp³-hybridized carbons (Fsp3) is 0.824. The lowest BCUT2D eigenvalue weighted by molar-refractivity contribution is 0.166. The Bertz CT molecular complexity index is 460. The zero-order chi connectivity index (χ0) is 14.2. The molecular formula is C17H28N2S. The number of nitrogens with zero attached hydrogens (tertiary/aromatic N) is 1. The van der Waals surface area contributed by atoms with Crippen LogP contribution in [0.3, 0.4) is 0 Å². The Morgan fingerprint density at radius 2 is 2.05 bits per heavy atom. The molecule has 0 saturated heterocycles. The smallest absolute Gasteiger partial charge is 0.113 e. The number of hydrogen-bond acceptors (Lipinski definition) is 3. The predicted molar refractivity (Wildman–Crippen MR) is 86.3 cm³/mol. The van der Waals surface area contributed by atoms with Crippen LogP contribution in [0.4, 0.5) is 0 Å². The topological polar surface area (TPSA) is 24.9 Å². The first-order valence-corrected chi connectivity index (χ1v) is 9.22. The summed E-state index contributed by atoms with van der Waals surface area (Å²) in [4.78, 5) is 6.44. The molecule has 0 bridgehead atoms. The Balaban J connectivity index is 1.88. The van der Waals surface area contributed by atoms with E-state index in [1.807, 2.05) is 11.3 Å². The van der Waals surface area contributed by atoms with Gasteiger partial charge in [-0.05, 0) is 57.4 Å². The van der Waals surface area contributed by atoms with Crippen molar-refractivity contribution in [2.24, 2.45) is 11.8 Å². The SMILES string of the molecule is CCNC1(c2nc(CC)c(C)s2)CCCC(C2CC2)C1. The van der Waals surface area contributed by atoms with Crippen LogP contribution < -0.4 is 5.32 Å². The van der Waals surface area contributed by atoms with Gasteiger partial charge in [-0.25, -0.2) is 4.98 Å². The Labute approximate surface area is 127 Å². The quantitative estimate of drug-likeness (QED) is 0.869.